The summed E-state index contributed by atoms with van der Waals surface area (Å²) in [4.78, 5) is 11.3. The quantitative estimate of drug-likeness (QED) is 0.538. The van der Waals surface area contributed by atoms with Gasteiger partial charge in [0, 0.05) is 43.5 Å². The third kappa shape index (κ3) is 3.12. The molecule has 0 saturated heterocycles. The van der Waals surface area contributed by atoms with Gasteiger partial charge in [-0.3, -0.25) is 4.57 Å². The van der Waals surface area contributed by atoms with Crippen molar-refractivity contribution >= 4 is 17.0 Å². The van der Waals surface area contributed by atoms with Crippen LogP contribution < -0.4 is 4.90 Å². The predicted octanol–water partition coefficient (Wildman–Crippen LogP) is 3.04. The highest BCUT2D eigenvalue weighted by Gasteiger charge is 2.28. The van der Waals surface area contributed by atoms with Crippen LogP contribution in [0.3, 0.4) is 0 Å². The molecule has 1 saturated carbocycles. The fourth-order valence-electron chi connectivity index (χ4n) is 4.33. The van der Waals surface area contributed by atoms with Crippen LogP contribution in [0.4, 0.5) is 5.95 Å². The molecule has 0 bridgehead atoms. The van der Waals surface area contributed by atoms with E-state index in [1.807, 2.05) is 37.4 Å². The Hall–Kier alpha value is -3.62. The fourth-order valence-corrected chi connectivity index (χ4v) is 4.33. The summed E-state index contributed by atoms with van der Waals surface area (Å²) in [6.45, 7) is 0. The highest BCUT2D eigenvalue weighted by Crippen LogP contribution is 2.37. The monoisotopic (exact) mass is 405 g/mol. The van der Waals surface area contributed by atoms with E-state index in [2.05, 4.69) is 20.2 Å². The Bertz CT molecular complexity index is 1160. The number of para-hydroxylation sites is 1. The van der Waals surface area contributed by atoms with Crippen molar-refractivity contribution in [3.05, 3.63) is 48.7 Å². The van der Waals surface area contributed by atoms with Gasteiger partial charge in [0.1, 0.15) is 5.52 Å². The maximum Gasteiger partial charge on any atom is 0.227 e. The van der Waals surface area contributed by atoms with Crippen molar-refractivity contribution in [2.75, 3.05) is 11.9 Å². The predicted molar refractivity (Wildman–Crippen MR) is 112 cm³/mol. The summed E-state index contributed by atoms with van der Waals surface area (Å²) in [7, 11) is 2.01. The standard InChI is InChI=1S/C21H23N7O2/c1-26(14-6-8-15(9-7-14)27-19(29)10-11-20(27)30)21-22-13-12-18(23-21)28-17-5-3-2-4-16(17)24-25-28/h2-5,10-15,29-30H,6-9H2,1H3. The molecular weight excluding hydrogens is 382 g/mol. The van der Waals surface area contributed by atoms with E-state index in [1.54, 1.807) is 15.4 Å². The van der Waals surface area contributed by atoms with Crippen LogP contribution in [0.15, 0.2) is 48.7 Å². The van der Waals surface area contributed by atoms with Crippen molar-refractivity contribution in [2.45, 2.75) is 37.8 Å². The van der Waals surface area contributed by atoms with E-state index in [0.717, 1.165) is 36.7 Å². The smallest absolute Gasteiger partial charge is 0.227 e. The second-order valence-corrected chi connectivity index (χ2v) is 7.70. The molecule has 154 valence electrons. The van der Waals surface area contributed by atoms with Gasteiger partial charge >= 0.3 is 0 Å². The lowest BCUT2D eigenvalue weighted by atomic mass is 9.90. The fraction of sp³-hybridized carbons (Fsp3) is 0.333. The molecule has 2 N–H and O–H groups in total. The second-order valence-electron chi connectivity index (χ2n) is 7.70. The molecule has 1 aliphatic carbocycles. The van der Waals surface area contributed by atoms with E-state index in [4.69, 9.17) is 4.98 Å². The molecule has 0 spiro atoms. The van der Waals surface area contributed by atoms with E-state index in [1.165, 1.54) is 12.1 Å². The number of hydrogen-bond acceptors (Lipinski definition) is 7. The van der Waals surface area contributed by atoms with Gasteiger partial charge in [-0.25, -0.2) is 4.98 Å². The van der Waals surface area contributed by atoms with Gasteiger partial charge in [-0.1, -0.05) is 17.3 Å². The average Bonchev–Trinajstić information content (AvgIpc) is 3.36. The van der Waals surface area contributed by atoms with Crippen molar-refractivity contribution in [3.63, 3.8) is 0 Å². The average molecular weight is 405 g/mol. The van der Waals surface area contributed by atoms with Crippen molar-refractivity contribution in [1.29, 1.82) is 0 Å². The third-order valence-corrected chi connectivity index (χ3v) is 5.97. The lowest BCUT2D eigenvalue weighted by Gasteiger charge is -2.35. The number of aromatic nitrogens is 6. The van der Waals surface area contributed by atoms with Gasteiger partial charge in [-0.05, 0) is 37.8 Å². The first kappa shape index (κ1) is 18.4. The number of fused-ring (bicyclic) bond motifs is 1. The van der Waals surface area contributed by atoms with Crippen molar-refractivity contribution in [2.24, 2.45) is 0 Å². The summed E-state index contributed by atoms with van der Waals surface area (Å²) >= 11 is 0. The maximum absolute atomic E-state index is 9.99. The molecule has 0 unspecified atom stereocenters. The molecule has 1 aromatic carbocycles. The van der Waals surface area contributed by atoms with Crippen LogP contribution in [0.25, 0.3) is 16.9 Å². The Kier molecular flexibility index (Phi) is 4.50. The highest BCUT2D eigenvalue weighted by molar-refractivity contribution is 5.75. The van der Waals surface area contributed by atoms with Crippen LogP contribution in [0.2, 0.25) is 0 Å². The summed E-state index contributed by atoms with van der Waals surface area (Å²) in [6.07, 6.45) is 5.29. The molecule has 4 aromatic rings. The molecule has 3 aromatic heterocycles. The number of benzene rings is 1. The van der Waals surface area contributed by atoms with Crippen LogP contribution in [-0.4, -0.2) is 52.8 Å². The van der Waals surface area contributed by atoms with Gasteiger partial charge in [0.15, 0.2) is 17.6 Å². The SMILES string of the molecule is CN(c1nccc(-n2nnc3ccccc32)n1)C1CCC(n2c(O)ccc2O)CC1. The lowest BCUT2D eigenvalue weighted by molar-refractivity contribution is 0.265. The Morgan fingerprint density at radius 3 is 2.47 bits per heavy atom. The molecule has 5 rings (SSSR count). The second kappa shape index (κ2) is 7.33. The molecular formula is C21H23N7O2. The minimum atomic E-state index is 0.0958. The first-order chi connectivity index (χ1) is 14.6. The Morgan fingerprint density at radius 2 is 1.70 bits per heavy atom. The van der Waals surface area contributed by atoms with Crippen LogP contribution in [0.5, 0.6) is 11.8 Å². The first-order valence-electron chi connectivity index (χ1n) is 10.1. The van der Waals surface area contributed by atoms with E-state index >= 15 is 0 Å². The van der Waals surface area contributed by atoms with Gasteiger partial charge in [0.25, 0.3) is 0 Å². The number of anilines is 1. The Balaban J connectivity index is 1.34. The summed E-state index contributed by atoms with van der Waals surface area (Å²) in [5.74, 6) is 1.54. The molecule has 0 aliphatic heterocycles. The molecule has 9 heteroatoms. The summed E-state index contributed by atoms with van der Waals surface area (Å²) in [5, 5.41) is 28.4. The van der Waals surface area contributed by atoms with Crippen LogP contribution in [-0.2, 0) is 0 Å². The number of nitrogens with zero attached hydrogens (tertiary/aromatic N) is 7. The largest absolute Gasteiger partial charge is 0.494 e. The zero-order valence-electron chi connectivity index (χ0n) is 16.6. The Morgan fingerprint density at radius 1 is 0.967 bits per heavy atom. The van der Waals surface area contributed by atoms with Crippen LogP contribution in [0.1, 0.15) is 31.7 Å². The molecule has 0 atom stereocenters. The van der Waals surface area contributed by atoms with Crippen LogP contribution in [0, 0.1) is 0 Å². The van der Waals surface area contributed by atoms with Crippen LogP contribution >= 0.6 is 0 Å². The lowest BCUT2D eigenvalue weighted by Crippen LogP contribution is -2.36. The van der Waals surface area contributed by atoms with E-state index in [0.29, 0.717) is 11.8 Å². The zero-order chi connectivity index (χ0) is 20.7. The van der Waals surface area contributed by atoms with Crippen molar-refractivity contribution < 1.29 is 10.2 Å². The molecule has 1 aliphatic rings. The van der Waals surface area contributed by atoms with Crippen molar-refractivity contribution in [1.82, 2.24) is 29.5 Å². The highest BCUT2D eigenvalue weighted by atomic mass is 16.3. The first-order valence-corrected chi connectivity index (χ1v) is 10.1. The number of aromatic hydroxyl groups is 2. The number of rotatable bonds is 4. The molecule has 30 heavy (non-hydrogen) atoms. The molecule has 0 radical (unpaired) electrons. The van der Waals surface area contributed by atoms with Gasteiger partial charge in [0.05, 0.1) is 5.52 Å². The van der Waals surface area contributed by atoms with Gasteiger partial charge in [-0.15, -0.1) is 5.10 Å². The molecule has 1 fully saturated rings. The topological polar surface area (TPSA) is 105 Å². The van der Waals surface area contributed by atoms with E-state index < -0.39 is 0 Å². The van der Waals surface area contributed by atoms with E-state index in [-0.39, 0.29) is 23.8 Å². The molecule has 0 amide bonds. The minimum Gasteiger partial charge on any atom is -0.494 e. The minimum absolute atomic E-state index is 0.0958. The van der Waals surface area contributed by atoms with Gasteiger partial charge in [-0.2, -0.15) is 9.67 Å². The maximum atomic E-state index is 9.99. The summed E-state index contributed by atoms with van der Waals surface area (Å²) in [6, 6.07) is 13.0. The summed E-state index contributed by atoms with van der Waals surface area (Å²) < 4.78 is 3.34. The zero-order valence-corrected chi connectivity index (χ0v) is 16.6. The molecule has 9 nitrogen and oxygen atoms in total. The third-order valence-electron chi connectivity index (χ3n) is 5.97. The van der Waals surface area contributed by atoms with E-state index in [9.17, 15) is 10.2 Å². The number of hydrogen-bond donors (Lipinski definition) is 2. The normalized spacial score (nSPS) is 19.2. The van der Waals surface area contributed by atoms with Gasteiger partial charge < -0.3 is 15.1 Å². The summed E-state index contributed by atoms with van der Waals surface area (Å²) in [5.41, 5.74) is 1.72. The van der Waals surface area contributed by atoms with Gasteiger partial charge in [0.2, 0.25) is 5.95 Å². The Labute approximate surface area is 173 Å². The van der Waals surface area contributed by atoms with Crippen molar-refractivity contribution in [3.8, 4) is 17.6 Å². The molecule has 3 heterocycles.